The molecule has 2 aliphatic heterocycles. The van der Waals surface area contributed by atoms with Gasteiger partial charge in [-0.15, -0.1) is 11.3 Å². The third kappa shape index (κ3) is 2.12. The van der Waals surface area contributed by atoms with E-state index in [2.05, 4.69) is 15.2 Å². The highest BCUT2D eigenvalue weighted by Gasteiger charge is 2.25. The van der Waals surface area contributed by atoms with E-state index in [0.717, 1.165) is 10.6 Å². The predicted octanol–water partition coefficient (Wildman–Crippen LogP) is 1.53. The highest BCUT2D eigenvalue weighted by Crippen LogP contribution is 2.21. The SMILES string of the molecule is O=C1OC(c2cccs2)=N/C1=C\C1=CSNN1. The Labute approximate surface area is 105 Å². The third-order valence-corrected chi connectivity index (χ3v) is 3.53. The highest BCUT2D eigenvalue weighted by atomic mass is 32.2. The molecule has 0 fully saturated rings. The molecule has 0 saturated carbocycles. The van der Waals surface area contributed by atoms with Gasteiger partial charge in [0.05, 0.1) is 10.6 Å². The number of nitrogens with one attached hydrogen (secondary N) is 2. The number of ether oxygens (including phenoxy) is 1. The molecule has 0 radical (unpaired) electrons. The maximum Gasteiger partial charge on any atom is 0.363 e. The molecule has 0 atom stereocenters. The van der Waals surface area contributed by atoms with E-state index in [4.69, 9.17) is 4.74 Å². The Morgan fingerprint density at radius 3 is 3.12 bits per heavy atom. The number of thiophene rings is 1. The van der Waals surface area contributed by atoms with Crippen molar-refractivity contribution < 1.29 is 9.53 Å². The summed E-state index contributed by atoms with van der Waals surface area (Å²) in [5, 5.41) is 3.76. The van der Waals surface area contributed by atoms with Crippen LogP contribution in [0.5, 0.6) is 0 Å². The van der Waals surface area contributed by atoms with E-state index in [9.17, 15) is 4.79 Å². The molecule has 3 heterocycles. The van der Waals surface area contributed by atoms with E-state index in [1.807, 2.05) is 22.9 Å². The Morgan fingerprint density at radius 2 is 2.41 bits per heavy atom. The molecule has 7 heteroatoms. The van der Waals surface area contributed by atoms with Crippen LogP contribution in [0, 0.1) is 0 Å². The van der Waals surface area contributed by atoms with E-state index >= 15 is 0 Å². The number of esters is 1. The van der Waals surface area contributed by atoms with Crippen molar-refractivity contribution in [3.8, 4) is 0 Å². The monoisotopic (exact) mass is 265 g/mol. The van der Waals surface area contributed by atoms with Gasteiger partial charge in [0, 0.05) is 5.41 Å². The first-order chi connectivity index (χ1) is 8.33. The summed E-state index contributed by atoms with van der Waals surface area (Å²) in [5.74, 6) is -0.0524. The Kier molecular flexibility index (Phi) is 2.71. The van der Waals surface area contributed by atoms with E-state index in [0.29, 0.717) is 11.6 Å². The van der Waals surface area contributed by atoms with E-state index < -0.39 is 5.97 Å². The van der Waals surface area contributed by atoms with Crippen LogP contribution >= 0.6 is 23.3 Å². The molecule has 0 spiro atoms. The molecule has 5 nitrogen and oxygen atoms in total. The molecule has 2 aliphatic rings. The summed E-state index contributed by atoms with van der Waals surface area (Å²) in [4.78, 5) is 19.4. The second-order valence-electron chi connectivity index (χ2n) is 3.23. The van der Waals surface area contributed by atoms with Crippen LogP contribution in [-0.2, 0) is 9.53 Å². The van der Waals surface area contributed by atoms with Gasteiger partial charge in [0.15, 0.2) is 5.70 Å². The first kappa shape index (κ1) is 10.6. The van der Waals surface area contributed by atoms with Crippen LogP contribution in [0.15, 0.2) is 45.4 Å². The molecule has 86 valence electrons. The maximum absolute atomic E-state index is 11.6. The van der Waals surface area contributed by atoms with Gasteiger partial charge in [-0.1, -0.05) is 6.07 Å². The summed E-state index contributed by atoms with van der Waals surface area (Å²) < 4.78 is 5.10. The minimum atomic E-state index is -0.423. The number of rotatable bonds is 2. The van der Waals surface area contributed by atoms with Crippen LogP contribution in [0.3, 0.4) is 0 Å². The Hall–Kier alpha value is -1.57. The van der Waals surface area contributed by atoms with Crippen LogP contribution in [0.1, 0.15) is 4.88 Å². The maximum atomic E-state index is 11.6. The molecule has 0 aromatic carbocycles. The van der Waals surface area contributed by atoms with Crippen molar-refractivity contribution in [2.24, 2.45) is 4.99 Å². The molecular formula is C10H7N3O2S2. The molecule has 0 saturated heterocycles. The van der Waals surface area contributed by atoms with Crippen molar-refractivity contribution in [3.63, 3.8) is 0 Å². The lowest BCUT2D eigenvalue weighted by Gasteiger charge is -1.95. The van der Waals surface area contributed by atoms with Crippen LogP contribution in [0.25, 0.3) is 0 Å². The molecule has 0 unspecified atom stereocenters. The van der Waals surface area contributed by atoms with Crippen molar-refractivity contribution >= 4 is 35.2 Å². The first-order valence-corrected chi connectivity index (χ1v) is 6.52. The summed E-state index contributed by atoms with van der Waals surface area (Å²) in [7, 11) is 0. The minimum Gasteiger partial charge on any atom is -0.401 e. The second-order valence-corrected chi connectivity index (χ2v) is 4.85. The first-order valence-electron chi connectivity index (χ1n) is 4.76. The van der Waals surface area contributed by atoms with Gasteiger partial charge in [-0.2, -0.15) is 4.83 Å². The lowest BCUT2D eigenvalue weighted by molar-refractivity contribution is -0.130. The van der Waals surface area contributed by atoms with Crippen molar-refractivity contribution in [2.45, 2.75) is 0 Å². The Bertz CT molecular complexity index is 546. The van der Waals surface area contributed by atoms with Crippen LogP contribution < -0.4 is 10.3 Å². The fourth-order valence-corrected chi connectivity index (χ4v) is 2.48. The molecule has 1 aromatic heterocycles. The number of carbonyl (C=O) groups is 1. The number of carbonyl (C=O) groups excluding carboxylic acids is 1. The average Bonchev–Trinajstić information content (AvgIpc) is 3.02. The van der Waals surface area contributed by atoms with Gasteiger partial charge in [-0.05, 0) is 29.5 Å². The number of hydrazine groups is 1. The average molecular weight is 265 g/mol. The predicted molar refractivity (Wildman–Crippen MR) is 67.0 cm³/mol. The molecule has 3 rings (SSSR count). The van der Waals surface area contributed by atoms with Crippen LogP contribution in [0.4, 0.5) is 0 Å². The van der Waals surface area contributed by atoms with Gasteiger partial charge in [-0.25, -0.2) is 9.79 Å². The number of allylic oxidation sites excluding steroid dienone is 1. The van der Waals surface area contributed by atoms with Gasteiger partial charge in [-0.3, -0.25) is 0 Å². The zero-order valence-electron chi connectivity index (χ0n) is 8.47. The quantitative estimate of drug-likeness (QED) is 0.482. The molecule has 2 N–H and O–H groups in total. The summed E-state index contributed by atoms with van der Waals surface area (Å²) in [5.41, 5.74) is 3.97. The minimum absolute atomic E-state index is 0.302. The van der Waals surface area contributed by atoms with E-state index in [-0.39, 0.29) is 0 Å². The highest BCUT2D eigenvalue weighted by molar-refractivity contribution is 8.00. The van der Waals surface area contributed by atoms with E-state index in [1.54, 1.807) is 6.08 Å². The summed E-state index contributed by atoms with van der Waals surface area (Å²) >= 11 is 2.88. The van der Waals surface area contributed by atoms with Crippen molar-refractivity contribution in [2.75, 3.05) is 0 Å². The molecule has 17 heavy (non-hydrogen) atoms. The van der Waals surface area contributed by atoms with Gasteiger partial charge in [0.1, 0.15) is 0 Å². The molecule has 0 amide bonds. The molecule has 0 bridgehead atoms. The number of hydrogen-bond donors (Lipinski definition) is 2. The zero-order chi connectivity index (χ0) is 11.7. The normalized spacial score (nSPS) is 21.2. The van der Waals surface area contributed by atoms with Crippen molar-refractivity contribution in [3.05, 3.63) is 45.3 Å². The van der Waals surface area contributed by atoms with Crippen LogP contribution in [0.2, 0.25) is 0 Å². The van der Waals surface area contributed by atoms with Crippen molar-refractivity contribution in [1.29, 1.82) is 0 Å². The van der Waals surface area contributed by atoms with Crippen molar-refractivity contribution in [1.82, 2.24) is 10.3 Å². The molecular weight excluding hydrogens is 258 g/mol. The number of nitrogens with zero attached hydrogens (tertiary/aromatic N) is 1. The second kappa shape index (κ2) is 4.36. The lowest BCUT2D eigenvalue weighted by atomic mass is 10.3. The Balaban J connectivity index is 1.89. The number of cyclic esters (lactones) is 1. The lowest BCUT2D eigenvalue weighted by Crippen LogP contribution is -2.17. The van der Waals surface area contributed by atoms with Gasteiger partial charge in [0.2, 0.25) is 5.90 Å². The van der Waals surface area contributed by atoms with Gasteiger partial charge >= 0.3 is 5.97 Å². The number of hydrogen-bond acceptors (Lipinski definition) is 7. The fourth-order valence-electron chi connectivity index (χ4n) is 1.34. The third-order valence-electron chi connectivity index (χ3n) is 2.08. The topological polar surface area (TPSA) is 62.7 Å². The zero-order valence-corrected chi connectivity index (χ0v) is 10.1. The number of aliphatic imine (C=N–C) groups is 1. The Morgan fingerprint density at radius 1 is 1.47 bits per heavy atom. The van der Waals surface area contributed by atoms with Gasteiger partial charge < -0.3 is 10.2 Å². The molecule has 1 aromatic rings. The summed E-state index contributed by atoms with van der Waals surface area (Å²) in [6.07, 6.45) is 1.65. The summed E-state index contributed by atoms with van der Waals surface area (Å²) in [6, 6.07) is 3.75. The smallest absolute Gasteiger partial charge is 0.363 e. The fraction of sp³-hybridized carbons (Fsp3) is 0. The molecule has 0 aliphatic carbocycles. The van der Waals surface area contributed by atoms with Crippen LogP contribution in [-0.4, -0.2) is 11.9 Å². The standard InChI is InChI=1S/C10H7N3O2S2/c14-10-7(4-6-5-17-13-12-6)11-9(15-10)8-2-1-3-16-8/h1-5,12-13H/b7-4-. The largest absolute Gasteiger partial charge is 0.401 e. The van der Waals surface area contributed by atoms with Gasteiger partial charge in [0.25, 0.3) is 0 Å². The summed E-state index contributed by atoms with van der Waals surface area (Å²) in [6.45, 7) is 0. The van der Waals surface area contributed by atoms with E-state index in [1.165, 1.54) is 23.3 Å².